The van der Waals surface area contributed by atoms with E-state index < -0.39 is 5.69 Å². The highest BCUT2D eigenvalue weighted by molar-refractivity contribution is 7.17. The van der Waals surface area contributed by atoms with Crippen LogP contribution in [0.5, 0.6) is 0 Å². The van der Waals surface area contributed by atoms with E-state index in [9.17, 15) is 19.2 Å². The molecule has 1 fully saturated rings. The summed E-state index contributed by atoms with van der Waals surface area (Å²) >= 11 is 1.26. The molecule has 8 nitrogen and oxygen atoms in total. The smallest absolute Gasteiger partial charge is 0.331 e. The van der Waals surface area contributed by atoms with Crippen molar-refractivity contribution in [1.82, 2.24) is 14.0 Å². The SMILES string of the molecule is CCOC(=O)[C@@H]1CCCN(C(=O)Cn2c(=O)n(CC)c(=O)c3sccc32)C1. The molecule has 0 bridgehead atoms. The number of piperidine rings is 1. The summed E-state index contributed by atoms with van der Waals surface area (Å²) in [5.74, 6) is -0.850. The van der Waals surface area contributed by atoms with Gasteiger partial charge in [0.2, 0.25) is 5.91 Å². The second-order valence-electron chi connectivity index (χ2n) is 6.48. The number of hydrogen-bond acceptors (Lipinski definition) is 6. The molecule has 0 unspecified atom stereocenters. The molecule has 1 aliphatic rings. The molecule has 9 heteroatoms. The van der Waals surface area contributed by atoms with Gasteiger partial charge < -0.3 is 9.64 Å². The molecule has 1 saturated heterocycles. The van der Waals surface area contributed by atoms with Crippen molar-refractivity contribution in [2.45, 2.75) is 39.8 Å². The number of esters is 1. The zero-order valence-corrected chi connectivity index (χ0v) is 16.3. The number of hydrogen-bond donors (Lipinski definition) is 0. The number of carbonyl (C=O) groups is 2. The standard InChI is InChI=1S/C18H23N3O5S/c1-3-20-16(23)15-13(7-9-27-15)21(18(20)25)11-14(22)19-8-5-6-12(10-19)17(24)26-4-2/h7,9,12H,3-6,8,10-11H2,1-2H3/t12-/m1/s1. The van der Waals surface area contributed by atoms with Gasteiger partial charge in [-0.2, -0.15) is 0 Å². The van der Waals surface area contributed by atoms with E-state index in [1.54, 1.807) is 30.2 Å². The highest BCUT2D eigenvalue weighted by Gasteiger charge is 2.30. The van der Waals surface area contributed by atoms with Crippen molar-refractivity contribution in [3.63, 3.8) is 0 Å². The Hall–Kier alpha value is -2.42. The quantitative estimate of drug-likeness (QED) is 0.708. The van der Waals surface area contributed by atoms with Crippen molar-refractivity contribution >= 4 is 33.4 Å². The Kier molecular flexibility index (Phi) is 5.79. The highest BCUT2D eigenvalue weighted by Crippen LogP contribution is 2.19. The number of ether oxygens (including phenoxy) is 1. The van der Waals surface area contributed by atoms with Crippen LogP contribution in [0.2, 0.25) is 0 Å². The van der Waals surface area contributed by atoms with Crippen LogP contribution in [-0.4, -0.2) is 45.6 Å². The molecule has 0 aliphatic carbocycles. The van der Waals surface area contributed by atoms with E-state index >= 15 is 0 Å². The average molecular weight is 393 g/mol. The van der Waals surface area contributed by atoms with Gasteiger partial charge >= 0.3 is 11.7 Å². The van der Waals surface area contributed by atoms with Gasteiger partial charge in [-0.15, -0.1) is 11.3 Å². The minimum atomic E-state index is -0.485. The van der Waals surface area contributed by atoms with Crippen LogP contribution in [0.4, 0.5) is 0 Å². The predicted molar refractivity (Wildman–Crippen MR) is 102 cm³/mol. The van der Waals surface area contributed by atoms with E-state index in [4.69, 9.17) is 4.74 Å². The molecule has 1 aliphatic heterocycles. The topological polar surface area (TPSA) is 90.6 Å². The molecular formula is C18H23N3O5S. The lowest BCUT2D eigenvalue weighted by atomic mass is 9.98. The van der Waals surface area contributed by atoms with Crippen molar-refractivity contribution in [2.24, 2.45) is 5.92 Å². The van der Waals surface area contributed by atoms with E-state index in [1.165, 1.54) is 15.9 Å². The number of thiophene rings is 1. The Bertz CT molecular complexity index is 974. The summed E-state index contributed by atoms with van der Waals surface area (Å²) < 4.78 is 8.03. The van der Waals surface area contributed by atoms with Gasteiger partial charge in [-0.25, -0.2) is 4.79 Å². The molecule has 27 heavy (non-hydrogen) atoms. The van der Waals surface area contributed by atoms with Crippen LogP contribution in [0.25, 0.3) is 10.2 Å². The van der Waals surface area contributed by atoms with Crippen LogP contribution in [0.15, 0.2) is 21.0 Å². The molecule has 146 valence electrons. The molecule has 0 spiro atoms. The average Bonchev–Trinajstić information content (AvgIpc) is 3.16. The second-order valence-corrected chi connectivity index (χ2v) is 7.40. The van der Waals surface area contributed by atoms with Gasteiger partial charge in [0.25, 0.3) is 5.56 Å². The zero-order chi connectivity index (χ0) is 19.6. The Labute approximate surface area is 160 Å². The largest absolute Gasteiger partial charge is 0.466 e. The summed E-state index contributed by atoms with van der Waals surface area (Å²) in [5.41, 5.74) is -0.329. The Morgan fingerprint density at radius 1 is 1.26 bits per heavy atom. The summed E-state index contributed by atoms with van der Waals surface area (Å²) in [6.45, 7) is 4.73. The summed E-state index contributed by atoms with van der Waals surface area (Å²) in [6, 6.07) is 1.69. The van der Waals surface area contributed by atoms with Crippen molar-refractivity contribution < 1.29 is 14.3 Å². The van der Waals surface area contributed by atoms with Gasteiger partial charge in [0.1, 0.15) is 11.2 Å². The maximum absolute atomic E-state index is 12.8. The van der Waals surface area contributed by atoms with Crippen LogP contribution in [0.1, 0.15) is 26.7 Å². The van der Waals surface area contributed by atoms with Gasteiger partial charge in [-0.1, -0.05) is 0 Å². The zero-order valence-electron chi connectivity index (χ0n) is 15.5. The third-order valence-corrected chi connectivity index (χ3v) is 5.73. The second kappa shape index (κ2) is 8.08. The Balaban J connectivity index is 1.86. The minimum absolute atomic E-state index is 0.151. The molecule has 2 aromatic rings. The van der Waals surface area contributed by atoms with E-state index in [0.29, 0.717) is 42.8 Å². The molecule has 0 aromatic carbocycles. The third-order valence-electron chi connectivity index (χ3n) is 4.84. The first-order chi connectivity index (χ1) is 13.0. The monoisotopic (exact) mass is 393 g/mol. The fourth-order valence-electron chi connectivity index (χ4n) is 3.46. The maximum atomic E-state index is 12.8. The predicted octanol–water partition coefficient (Wildman–Crippen LogP) is 1.05. The van der Waals surface area contributed by atoms with E-state index in [1.807, 2.05) is 0 Å². The normalized spacial score (nSPS) is 17.3. The van der Waals surface area contributed by atoms with Crippen molar-refractivity contribution in [3.05, 3.63) is 32.3 Å². The first-order valence-corrected chi connectivity index (χ1v) is 10.0. The van der Waals surface area contributed by atoms with E-state index in [-0.39, 0.29) is 36.4 Å². The summed E-state index contributed by atoms with van der Waals surface area (Å²) in [4.78, 5) is 51.5. The number of fused-ring (bicyclic) bond motifs is 1. The molecule has 0 radical (unpaired) electrons. The van der Waals surface area contributed by atoms with Gasteiger partial charge in [-0.3, -0.25) is 23.5 Å². The lowest BCUT2D eigenvalue weighted by Gasteiger charge is -2.31. The van der Waals surface area contributed by atoms with Crippen LogP contribution in [0, 0.1) is 5.92 Å². The molecule has 3 rings (SSSR count). The molecule has 0 N–H and O–H groups in total. The van der Waals surface area contributed by atoms with Gasteiger partial charge in [0, 0.05) is 19.6 Å². The van der Waals surface area contributed by atoms with Gasteiger partial charge in [0.15, 0.2) is 0 Å². The summed E-state index contributed by atoms with van der Waals surface area (Å²) in [7, 11) is 0. The Morgan fingerprint density at radius 2 is 2.04 bits per heavy atom. The molecule has 1 atom stereocenters. The number of rotatable bonds is 5. The highest BCUT2D eigenvalue weighted by atomic mass is 32.1. The fourth-order valence-corrected chi connectivity index (χ4v) is 4.30. The van der Waals surface area contributed by atoms with E-state index in [0.717, 1.165) is 4.57 Å². The molecule has 0 saturated carbocycles. The third kappa shape index (κ3) is 3.69. The van der Waals surface area contributed by atoms with Crippen molar-refractivity contribution in [1.29, 1.82) is 0 Å². The molecule has 2 aromatic heterocycles. The van der Waals surface area contributed by atoms with Crippen molar-refractivity contribution in [2.75, 3.05) is 19.7 Å². The maximum Gasteiger partial charge on any atom is 0.331 e. The van der Waals surface area contributed by atoms with Crippen molar-refractivity contribution in [3.8, 4) is 0 Å². The molecule has 3 heterocycles. The molecule has 1 amide bonds. The molecular weight excluding hydrogens is 370 g/mol. The Morgan fingerprint density at radius 3 is 2.74 bits per heavy atom. The number of aromatic nitrogens is 2. The lowest BCUT2D eigenvalue weighted by molar-refractivity contribution is -0.151. The van der Waals surface area contributed by atoms with Crippen LogP contribution >= 0.6 is 11.3 Å². The van der Waals surface area contributed by atoms with Gasteiger partial charge in [-0.05, 0) is 38.1 Å². The number of likely N-dealkylation sites (tertiary alicyclic amines) is 1. The summed E-state index contributed by atoms with van der Waals surface area (Å²) in [6.07, 6.45) is 1.41. The lowest BCUT2D eigenvalue weighted by Crippen LogP contribution is -2.46. The number of amides is 1. The number of carbonyl (C=O) groups excluding carboxylic acids is 2. The van der Waals surface area contributed by atoms with E-state index in [2.05, 4.69) is 0 Å². The number of nitrogens with zero attached hydrogens (tertiary/aromatic N) is 3. The van der Waals surface area contributed by atoms with Gasteiger partial charge in [0.05, 0.1) is 18.0 Å². The first-order valence-electron chi connectivity index (χ1n) is 9.13. The minimum Gasteiger partial charge on any atom is -0.466 e. The van der Waals surface area contributed by atoms with Crippen LogP contribution in [-0.2, 0) is 27.4 Å². The summed E-state index contributed by atoms with van der Waals surface area (Å²) in [5, 5.41) is 1.74. The van der Waals surface area contributed by atoms with Crippen LogP contribution in [0.3, 0.4) is 0 Å². The fraction of sp³-hybridized carbons (Fsp3) is 0.556. The van der Waals surface area contributed by atoms with Crippen LogP contribution < -0.4 is 11.2 Å². The first kappa shape index (κ1) is 19.3.